The average Bonchev–Trinajstić information content (AvgIpc) is 2.28. The van der Waals surface area contributed by atoms with Crippen LogP contribution in [0.5, 0.6) is 0 Å². The second kappa shape index (κ2) is 7.20. The van der Waals surface area contributed by atoms with Gasteiger partial charge in [0.2, 0.25) is 0 Å². The normalized spacial score (nSPS) is 13.1. The van der Waals surface area contributed by atoms with Crippen LogP contribution in [-0.4, -0.2) is 11.9 Å². The highest BCUT2D eigenvalue weighted by Gasteiger charge is 2.13. The average molecular weight is 278 g/mol. The minimum Gasteiger partial charge on any atom is -0.310 e. The molecule has 0 aliphatic rings. The molecule has 1 unspecified atom stereocenters. The van der Waals surface area contributed by atoms with Gasteiger partial charge in [-0.3, -0.25) is 0 Å². The zero-order valence-electron chi connectivity index (χ0n) is 10.1. The van der Waals surface area contributed by atoms with Crippen LogP contribution >= 0.6 is 23.2 Å². The Morgan fingerprint density at radius 2 is 2.06 bits per heavy atom. The first kappa shape index (κ1) is 14.7. The van der Waals surface area contributed by atoms with Crippen LogP contribution in [0, 0.1) is 11.7 Å². The third-order valence-corrected chi connectivity index (χ3v) is 3.24. The zero-order chi connectivity index (χ0) is 12.8. The predicted octanol–water partition coefficient (Wildman–Crippen LogP) is 4.22. The lowest BCUT2D eigenvalue weighted by Crippen LogP contribution is -2.34. The lowest BCUT2D eigenvalue weighted by molar-refractivity contribution is 0.386. The molecular formula is C13H18Cl2FN. The van der Waals surface area contributed by atoms with Crippen LogP contribution in [0.1, 0.15) is 25.8 Å². The number of hydrogen-bond acceptors (Lipinski definition) is 1. The molecule has 4 heteroatoms. The van der Waals surface area contributed by atoms with Gasteiger partial charge in [0.25, 0.3) is 0 Å². The van der Waals surface area contributed by atoms with Crippen molar-refractivity contribution in [2.45, 2.75) is 32.9 Å². The Labute approximate surface area is 112 Å². The van der Waals surface area contributed by atoms with E-state index in [1.54, 1.807) is 12.1 Å². The molecule has 0 spiro atoms. The molecule has 0 heterocycles. The van der Waals surface area contributed by atoms with Crippen molar-refractivity contribution in [1.29, 1.82) is 0 Å². The molecule has 1 atom stereocenters. The molecule has 0 aromatic heterocycles. The molecule has 0 aliphatic heterocycles. The van der Waals surface area contributed by atoms with Gasteiger partial charge in [-0.2, -0.15) is 0 Å². The summed E-state index contributed by atoms with van der Waals surface area (Å²) in [6.07, 6.45) is 0.876. The standard InChI is InChI=1S/C13H18Cl2FN/c1-9(2)13(5-6-14)17-8-10-7-11(15)3-4-12(10)16/h3-4,7,9,13,17H,5-6,8H2,1-2H3. The van der Waals surface area contributed by atoms with Crippen LogP contribution in [0.2, 0.25) is 5.02 Å². The van der Waals surface area contributed by atoms with Crippen molar-refractivity contribution in [1.82, 2.24) is 5.32 Å². The van der Waals surface area contributed by atoms with E-state index in [0.717, 1.165) is 6.42 Å². The first-order valence-corrected chi connectivity index (χ1v) is 6.69. The monoisotopic (exact) mass is 277 g/mol. The van der Waals surface area contributed by atoms with Crippen molar-refractivity contribution in [3.8, 4) is 0 Å². The Morgan fingerprint density at radius 1 is 1.35 bits per heavy atom. The summed E-state index contributed by atoms with van der Waals surface area (Å²) in [4.78, 5) is 0. The highest BCUT2D eigenvalue weighted by atomic mass is 35.5. The topological polar surface area (TPSA) is 12.0 Å². The van der Waals surface area contributed by atoms with E-state index in [9.17, 15) is 4.39 Å². The fourth-order valence-electron chi connectivity index (χ4n) is 1.71. The van der Waals surface area contributed by atoms with Gasteiger partial charge in [0.05, 0.1) is 0 Å². The van der Waals surface area contributed by atoms with E-state index < -0.39 is 0 Å². The van der Waals surface area contributed by atoms with Gasteiger partial charge in [-0.05, 0) is 30.5 Å². The summed E-state index contributed by atoms with van der Waals surface area (Å²) in [5.41, 5.74) is 0.595. The second-order valence-corrected chi connectivity index (χ2v) is 5.26. The first-order chi connectivity index (χ1) is 8.04. The molecule has 1 nitrogen and oxygen atoms in total. The SMILES string of the molecule is CC(C)C(CCCl)NCc1cc(Cl)ccc1F. The van der Waals surface area contributed by atoms with Gasteiger partial charge in [0.1, 0.15) is 5.82 Å². The van der Waals surface area contributed by atoms with Gasteiger partial charge >= 0.3 is 0 Å². The first-order valence-electron chi connectivity index (χ1n) is 5.78. The van der Waals surface area contributed by atoms with Crippen LogP contribution in [0.15, 0.2) is 18.2 Å². The summed E-state index contributed by atoms with van der Waals surface area (Å²) in [5.74, 6) is 0.847. The van der Waals surface area contributed by atoms with Crippen LogP contribution in [0.3, 0.4) is 0 Å². The van der Waals surface area contributed by atoms with E-state index in [1.165, 1.54) is 6.07 Å². The van der Waals surface area contributed by atoms with Gasteiger partial charge in [-0.1, -0.05) is 25.4 Å². The number of alkyl halides is 1. The summed E-state index contributed by atoms with van der Waals surface area (Å²) in [5, 5.41) is 3.88. The van der Waals surface area contributed by atoms with E-state index in [-0.39, 0.29) is 5.82 Å². The third-order valence-electron chi connectivity index (χ3n) is 2.79. The number of rotatable bonds is 6. The molecule has 0 fully saturated rings. The van der Waals surface area contributed by atoms with E-state index in [0.29, 0.717) is 35.0 Å². The van der Waals surface area contributed by atoms with Crippen molar-refractivity contribution in [3.05, 3.63) is 34.6 Å². The molecule has 96 valence electrons. The molecule has 17 heavy (non-hydrogen) atoms. The summed E-state index contributed by atoms with van der Waals surface area (Å²) in [6, 6.07) is 4.90. The Balaban J connectivity index is 2.61. The zero-order valence-corrected chi connectivity index (χ0v) is 11.7. The molecule has 0 saturated heterocycles. The van der Waals surface area contributed by atoms with E-state index in [4.69, 9.17) is 23.2 Å². The Bertz CT molecular complexity index is 355. The molecule has 0 aliphatic carbocycles. The van der Waals surface area contributed by atoms with Crippen molar-refractivity contribution in [2.24, 2.45) is 5.92 Å². The molecular weight excluding hydrogens is 260 g/mol. The van der Waals surface area contributed by atoms with Crippen LogP contribution in [0.4, 0.5) is 4.39 Å². The van der Waals surface area contributed by atoms with Gasteiger partial charge in [-0.25, -0.2) is 4.39 Å². The molecule has 0 saturated carbocycles. The maximum atomic E-state index is 13.5. The predicted molar refractivity (Wildman–Crippen MR) is 72.2 cm³/mol. The summed E-state index contributed by atoms with van der Waals surface area (Å²) in [7, 11) is 0. The highest BCUT2D eigenvalue weighted by molar-refractivity contribution is 6.30. The van der Waals surface area contributed by atoms with Gasteiger partial charge < -0.3 is 5.32 Å². The molecule has 0 radical (unpaired) electrons. The van der Waals surface area contributed by atoms with Gasteiger partial charge in [-0.15, -0.1) is 11.6 Å². The van der Waals surface area contributed by atoms with E-state index in [1.807, 2.05) is 0 Å². The van der Waals surface area contributed by atoms with Crippen LogP contribution in [0.25, 0.3) is 0 Å². The molecule has 0 amide bonds. The quantitative estimate of drug-likeness (QED) is 0.768. The fraction of sp³-hybridized carbons (Fsp3) is 0.538. The maximum Gasteiger partial charge on any atom is 0.127 e. The lowest BCUT2D eigenvalue weighted by Gasteiger charge is -2.21. The summed E-state index contributed by atoms with van der Waals surface area (Å²) < 4.78 is 13.5. The molecule has 0 bridgehead atoms. The summed E-state index contributed by atoms with van der Waals surface area (Å²) >= 11 is 11.6. The van der Waals surface area contributed by atoms with Crippen LogP contribution < -0.4 is 5.32 Å². The lowest BCUT2D eigenvalue weighted by atomic mass is 10.0. The second-order valence-electron chi connectivity index (χ2n) is 4.44. The van der Waals surface area contributed by atoms with Gasteiger partial charge in [0, 0.05) is 29.1 Å². The maximum absolute atomic E-state index is 13.5. The summed E-state index contributed by atoms with van der Waals surface area (Å²) in [6.45, 7) is 4.73. The van der Waals surface area contributed by atoms with Crippen molar-refractivity contribution < 1.29 is 4.39 Å². The minimum absolute atomic E-state index is 0.227. The largest absolute Gasteiger partial charge is 0.310 e. The van der Waals surface area contributed by atoms with E-state index >= 15 is 0 Å². The number of hydrogen-bond donors (Lipinski definition) is 1. The van der Waals surface area contributed by atoms with Crippen molar-refractivity contribution >= 4 is 23.2 Å². The van der Waals surface area contributed by atoms with Gasteiger partial charge in [0.15, 0.2) is 0 Å². The van der Waals surface area contributed by atoms with Crippen LogP contribution in [-0.2, 0) is 6.54 Å². The Kier molecular flexibility index (Phi) is 6.24. The number of nitrogens with one attached hydrogen (secondary N) is 1. The van der Waals surface area contributed by atoms with E-state index in [2.05, 4.69) is 19.2 Å². The minimum atomic E-state index is -0.227. The Hall–Kier alpha value is -0.310. The molecule has 1 aromatic carbocycles. The van der Waals surface area contributed by atoms with Crippen molar-refractivity contribution in [2.75, 3.05) is 5.88 Å². The molecule has 1 N–H and O–H groups in total. The van der Waals surface area contributed by atoms with Crippen molar-refractivity contribution in [3.63, 3.8) is 0 Å². The molecule has 1 aromatic rings. The number of benzene rings is 1. The third kappa shape index (κ3) is 4.82. The molecule has 1 rings (SSSR count). The Morgan fingerprint density at radius 3 is 2.65 bits per heavy atom. The smallest absolute Gasteiger partial charge is 0.127 e. The fourth-order valence-corrected chi connectivity index (χ4v) is 2.14. The number of halogens is 3. The highest BCUT2D eigenvalue weighted by Crippen LogP contribution is 2.16.